The number of halogens is 3. The summed E-state index contributed by atoms with van der Waals surface area (Å²) in [5.41, 5.74) is 0. The Kier molecular flexibility index (Phi) is 12.9. The van der Waals surface area contributed by atoms with Crippen molar-refractivity contribution in [2.45, 2.75) is 0 Å². The summed E-state index contributed by atoms with van der Waals surface area (Å²) in [4.78, 5) is 0. The van der Waals surface area contributed by atoms with Gasteiger partial charge in [0.15, 0.2) is 0 Å². The Morgan fingerprint density at radius 2 is 1.40 bits per heavy atom. The zero-order chi connectivity index (χ0) is 15.5. The van der Waals surface area contributed by atoms with Crippen molar-refractivity contribution in [2.24, 2.45) is 4.52 Å². The standard InChI is InChI=1S/C8H18Cl3NO5P2S/c1-14-18(13,20-2)12-19(15-6-3-9,16-7-4-10)17-8-5-11/h3-8H2,1-2H3. The Morgan fingerprint density at radius 3 is 1.65 bits per heavy atom. The lowest BCUT2D eigenvalue weighted by molar-refractivity contribution is 0.165. The fourth-order valence-electron chi connectivity index (χ4n) is 0.921. The molecule has 0 aliphatic heterocycles. The maximum Gasteiger partial charge on any atom is 0.375 e. The number of nitrogens with zero attached hydrogens (tertiary/aromatic N) is 1. The molecule has 0 saturated heterocycles. The smallest absolute Gasteiger partial charge is 0.308 e. The number of rotatable bonds is 12. The van der Waals surface area contributed by atoms with Crippen molar-refractivity contribution >= 4 is 60.6 Å². The normalized spacial score (nSPS) is 15.1. The Labute approximate surface area is 138 Å². The van der Waals surface area contributed by atoms with Crippen molar-refractivity contribution in [3.05, 3.63) is 0 Å². The third-order valence-corrected chi connectivity index (χ3v) is 8.83. The third kappa shape index (κ3) is 8.23. The molecule has 20 heavy (non-hydrogen) atoms. The molecule has 0 spiro atoms. The average molecular weight is 409 g/mol. The fraction of sp³-hybridized carbons (Fsp3) is 1.00. The highest BCUT2D eigenvalue weighted by Gasteiger charge is 2.31. The Hall–Kier alpha value is 1.52. The molecule has 1 atom stereocenters. The van der Waals surface area contributed by atoms with Gasteiger partial charge >= 0.3 is 14.5 Å². The molecular formula is C8H18Cl3NO5P2S. The van der Waals surface area contributed by atoms with Crippen LogP contribution in [0.3, 0.4) is 0 Å². The van der Waals surface area contributed by atoms with Gasteiger partial charge in [-0.1, -0.05) is 0 Å². The van der Waals surface area contributed by atoms with Crippen LogP contribution >= 0.6 is 60.6 Å². The van der Waals surface area contributed by atoms with Gasteiger partial charge in [0, 0.05) is 24.7 Å². The number of hydrogen-bond donors (Lipinski definition) is 0. The third-order valence-electron chi connectivity index (χ3n) is 1.68. The van der Waals surface area contributed by atoms with Crippen molar-refractivity contribution in [2.75, 3.05) is 50.8 Å². The van der Waals surface area contributed by atoms with Crippen molar-refractivity contribution < 1.29 is 22.7 Å². The highest BCUT2D eigenvalue weighted by atomic mass is 35.5. The van der Waals surface area contributed by atoms with Gasteiger partial charge in [0.05, 0.1) is 19.8 Å². The lowest BCUT2D eigenvalue weighted by Gasteiger charge is -2.24. The minimum atomic E-state index is -3.34. The second-order valence-corrected chi connectivity index (χ2v) is 10.7. The van der Waals surface area contributed by atoms with Crippen molar-refractivity contribution in [3.63, 3.8) is 0 Å². The monoisotopic (exact) mass is 407 g/mol. The van der Waals surface area contributed by atoms with E-state index in [0.717, 1.165) is 11.4 Å². The SMILES string of the molecule is COP(=O)(N=P(OCCCl)(OCCCl)OCCCl)SC. The summed E-state index contributed by atoms with van der Waals surface area (Å²) >= 11 is 17.7. The van der Waals surface area contributed by atoms with E-state index in [0.29, 0.717) is 0 Å². The summed E-state index contributed by atoms with van der Waals surface area (Å²) in [6.07, 6.45) is 1.60. The quantitative estimate of drug-likeness (QED) is 0.341. The van der Waals surface area contributed by atoms with Gasteiger partial charge in [0.1, 0.15) is 0 Å². The fourth-order valence-corrected chi connectivity index (χ4v) is 7.00. The average Bonchev–Trinajstić information content (AvgIpc) is 2.48. The maximum atomic E-state index is 12.3. The molecule has 0 bridgehead atoms. The molecule has 0 N–H and O–H groups in total. The Balaban J connectivity index is 5.42. The topological polar surface area (TPSA) is 66.4 Å². The number of alkyl halides is 3. The lowest BCUT2D eigenvalue weighted by Crippen LogP contribution is -2.06. The summed E-state index contributed by atoms with van der Waals surface area (Å²) in [5.74, 6) is 0.632. The second-order valence-electron chi connectivity index (χ2n) is 2.96. The summed E-state index contributed by atoms with van der Waals surface area (Å²) < 4.78 is 37.7. The van der Waals surface area contributed by atoms with Crippen molar-refractivity contribution in [1.82, 2.24) is 0 Å². The molecule has 0 fully saturated rings. The van der Waals surface area contributed by atoms with Crippen LogP contribution in [-0.2, 0) is 22.7 Å². The molecule has 0 aromatic rings. The molecule has 0 aromatic heterocycles. The van der Waals surface area contributed by atoms with E-state index in [4.69, 9.17) is 52.9 Å². The van der Waals surface area contributed by atoms with Gasteiger partial charge in [0.2, 0.25) is 0 Å². The van der Waals surface area contributed by atoms with Crippen LogP contribution in [0.25, 0.3) is 0 Å². The summed E-state index contributed by atoms with van der Waals surface area (Å²) in [7, 11) is -1.95. The molecule has 0 rings (SSSR count). The number of hydrogen-bond acceptors (Lipinski definition) is 6. The van der Waals surface area contributed by atoms with Gasteiger partial charge in [-0.2, -0.15) is 0 Å². The molecule has 0 amide bonds. The van der Waals surface area contributed by atoms with Crippen LogP contribution in [0, 0.1) is 0 Å². The molecule has 0 aliphatic rings. The summed E-state index contributed by atoms with van der Waals surface area (Å²) in [6, 6.07) is 0. The first-order valence-corrected chi connectivity index (χ1v) is 12.0. The van der Waals surface area contributed by atoms with E-state index >= 15 is 0 Å². The van der Waals surface area contributed by atoms with Crippen LogP contribution < -0.4 is 0 Å². The molecule has 0 aliphatic carbocycles. The molecule has 0 saturated carbocycles. The second kappa shape index (κ2) is 12.0. The highest BCUT2D eigenvalue weighted by molar-refractivity contribution is 8.56. The zero-order valence-electron chi connectivity index (χ0n) is 11.2. The van der Waals surface area contributed by atoms with E-state index < -0.39 is 14.5 Å². The molecular weight excluding hydrogens is 390 g/mol. The minimum Gasteiger partial charge on any atom is -0.308 e. The van der Waals surface area contributed by atoms with Crippen LogP contribution in [0.4, 0.5) is 0 Å². The van der Waals surface area contributed by atoms with Gasteiger partial charge in [-0.05, 0) is 17.6 Å². The van der Waals surface area contributed by atoms with E-state index in [1.54, 1.807) is 6.26 Å². The first kappa shape index (κ1) is 21.5. The van der Waals surface area contributed by atoms with Crippen LogP contribution in [-0.4, -0.2) is 50.8 Å². The Morgan fingerprint density at radius 1 is 1.00 bits per heavy atom. The zero-order valence-corrected chi connectivity index (χ0v) is 16.0. The largest absolute Gasteiger partial charge is 0.375 e. The minimum absolute atomic E-state index is 0.126. The van der Waals surface area contributed by atoms with Gasteiger partial charge < -0.3 is 18.1 Å². The van der Waals surface area contributed by atoms with E-state index in [9.17, 15) is 4.57 Å². The molecule has 1 unspecified atom stereocenters. The van der Waals surface area contributed by atoms with E-state index in [2.05, 4.69) is 4.52 Å². The summed E-state index contributed by atoms with van der Waals surface area (Å²) in [5, 5.41) is 0. The molecule has 0 radical (unpaired) electrons. The van der Waals surface area contributed by atoms with E-state index in [1.807, 2.05) is 0 Å². The van der Waals surface area contributed by atoms with Crippen LogP contribution in [0.15, 0.2) is 4.52 Å². The molecule has 12 heteroatoms. The first-order chi connectivity index (χ1) is 9.51. The van der Waals surface area contributed by atoms with Gasteiger partial charge in [-0.25, -0.2) is 0 Å². The molecule has 0 aromatic carbocycles. The van der Waals surface area contributed by atoms with E-state index in [1.165, 1.54) is 7.11 Å². The molecule has 0 heterocycles. The predicted octanol–water partition coefficient (Wildman–Crippen LogP) is 4.82. The van der Waals surface area contributed by atoms with Crippen LogP contribution in [0.1, 0.15) is 0 Å². The molecule has 122 valence electrons. The van der Waals surface area contributed by atoms with Gasteiger partial charge in [0.25, 0.3) is 0 Å². The first-order valence-electron chi connectivity index (χ1n) is 5.48. The highest BCUT2D eigenvalue weighted by Crippen LogP contribution is 2.69. The molecule has 6 nitrogen and oxygen atoms in total. The van der Waals surface area contributed by atoms with Crippen LogP contribution in [0.5, 0.6) is 0 Å². The Bertz CT molecular complexity index is 326. The van der Waals surface area contributed by atoms with Crippen molar-refractivity contribution in [3.8, 4) is 0 Å². The maximum absolute atomic E-state index is 12.3. The van der Waals surface area contributed by atoms with Gasteiger partial charge in [-0.3, -0.25) is 4.57 Å². The van der Waals surface area contributed by atoms with Crippen LogP contribution in [0.2, 0.25) is 0 Å². The van der Waals surface area contributed by atoms with Gasteiger partial charge in [-0.15, -0.1) is 39.3 Å². The predicted molar refractivity (Wildman–Crippen MR) is 87.5 cm³/mol. The lowest BCUT2D eigenvalue weighted by atomic mass is 10.9. The van der Waals surface area contributed by atoms with Crippen molar-refractivity contribution in [1.29, 1.82) is 0 Å². The van der Waals surface area contributed by atoms with E-state index in [-0.39, 0.29) is 37.5 Å². The summed E-state index contributed by atoms with van der Waals surface area (Å²) in [6.45, 7) is -2.96.